The standard InChI is InChI=1S/C47H34N4/c1-3-13-34(14-4-1)49(38-17-12-30-48-32-38)36-25-27-37(28-26-36)51-43-21-9-7-18-40(43)41-29-24-33(31-46(41)51)39-20-11-23-45-47(39)42-19-8-10-22-44(42)50(45)35-15-5-2-6-16-35/h1-29,31-32,48H,30H2. The normalized spacial score (nSPS) is 12.8. The maximum absolute atomic E-state index is 3.38. The highest BCUT2D eigenvalue weighted by molar-refractivity contribution is 6.17. The van der Waals surface area contributed by atoms with Crippen LogP contribution in [0.15, 0.2) is 194 Å². The van der Waals surface area contributed by atoms with Crippen LogP contribution in [0, 0.1) is 0 Å². The molecule has 4 nitrogen and oxygen atoms in total. The molecule has 3 heterocycles. The molecule has 9 aromatic rings. The average molecular weight is 655 g/mol. The van der Waals surface area contributed by atoms with E-state index in [0.29, 0.717) is 0 Å². The Balaban J connectivity index is 1.15. The van der Waals surface area contributed by atoms with Gasteiger partial charge in [0.05, 0.1) is 27.8 Å². The molecule has 0 bridgehead atoms. The van der Waals surface area contributed by atoms with Gasteiger partial charge in [-0.05, 0) is 90.0 Å². The Morgan fingerprint density at radius 1 is 0.471 bits per heavy atom. The summed E-state index contributed by atoms with van der Waals surface area (Å²) in [7, 11) is 0. The molecule has 10 rings (SSSR count). The van der Waals surface area contributed by atoms with Gasteiger partial charge >= 0.3 is 0 Å². The van der Waals surface area contributed by atoms with E-state index in [-0.39, 0.29) is 0 Å². The van der Waals surface area contributed by atoms with Gasteiger partial charge in [-0.25, -0.2) is 0 Å². The molecule has 51 heavy (non-hydrogen) atoms. The maximum atomic E-state index is 3.38. The molecule has 0 saturated carbocycles. The van der Waals surface area contributed by atoms with Crippen LogP contribution in [-0.2, 0) is 0 Å². The largest absolute Gasteiger partial charge is 0.386 e. The number of nitrogens with one attached hydrogen (secondary N) is 1. The first-order valence-corrected chi connectivity index (χ1v) is 17.5. The number of hydrogen-bond acceptors (Lipinski definition) is 2. The molecule has 0 radical (unpaired) electrons. The summed E-state index contributed by atoms with van der Waals surface area (Å²) in [6, 6.07) is 61.4. The van der Waals surface area contributed by atoms with E-state index in [1.165, 1.54) is 54.7 Å². The first-order chi connectivity index (χ1) is 25.3. The molecule has 0 aliphatic carbocycles. The Kier molecular flexibility index (Phi) is 6.85. The first kappa shape index (κ1) is 29.2. The lowest BCUT2D eigenvalue weighted by atomic mass is 9.98. The topological polar surface area (TPSA) is 25.1 Å². The van der Waals surface area contributed by atoms with Gasteiger partial charge in [-0.1, -0.05) is 103 Å². The molecule has 1 aliphatic rings. The molecule has 0 unspecified atom stereocenters. The van der Waals surface area contributed by atoms with Gasteiger partial charge in [0.1, 0.15) is 0 Å². The van der Waals surface area contributed by atoms with E-state index in [1.807, 2.05) is 0 Å². The zero-order valence-electron chi connectivity index (χ0n) is 27.9. The van der Waals surface area contributed by atoms with Crippen molar-refractivity contribution in [3.05, 3.63) is 194 Å². The van der Waals surface area contributed by atoms with Crippen molar-refractivity contribution < 1.29 is 0 Å². The fourth-order valence-electron chi connectivity index (χ4n) is 7.90. The van der Waals surface area contributed by atoms with Gasteiger partial charge in [0.2, 0.25) is 0 Å². The number of rotatable bonds is 6. The Labute approximate surface area is 296 Å². The molecule has 2 aromatic heterocycles. The van der Waals surface area contributed by atoms with Crippen LogP contribution in [0.25, 0.3) is 66.1 Å². The highest BCUT2D eigenvalue weighted by Gasteiger charge is 2.19. The number of fused-ring (bicyclic) bond motifs is 6. The molecular formula is C47H34N4. The number of aromatic nitrogens is 2. The van der Waals surface area contributed by atoms with E-state index < -0.39 is 0 Å². The van der Waals surface area contributed by atoms with E-state index in [9.17, 15) is 0 Å². The number of para-hydroxylation sites is 4. The minimum Gasteiger partial charge on any atom is -0.386 e. The molecule has 0 fully saturated rings. The van der Waals surface area contributed by atoms with Crippen molar-refractivity contribution in [3.63, 3.8) is 0 Å². The molecule has 7 aromatic carbocycles. The minimum absolute atomic E-state index is 0.838. The summed E-state index contributed by atoms with van der Waals surface area (Å²) in [5.41, 5.74) is 12.8. The third-order valence-electron chi connectivity index (χ3n) is 10.1. The number of nitrogens with zero attached hydrogens (tertiary/aromatic N) is 3. The predicted octanol–water partition coefficient (Wildman–Crippen LogP) is 11.7. The predicted molar refractivity (Wildman–Crippen MR) is 214 cm³/mol. The van der Waals surface area contributed by atoms with E-state index in [0.717, 1.165) is 35.0 Å². The van der Waals surface area contributed by atoms with Gasteiger partial charge in [0.15, 0.2) is 0 Å². The molecule has 1 N–H and O–H groups in total. The quantitative estimate of drug-likeness (QED) is 0.193. The molecular weight excluding hydrogens is 621 g/mol. The van der Waals surface area contributed by atoms with Crippen LogP contribution in [-0.4, -0.2) is 15.7 Å². The minimum atomic E-state index is 0.838. The summed E-state index contributed by atoms with van der Waals surface area (Å²) in [5.74, 6) is 0. The summed E-state index contributed by atoms with van der Waals surface area (Å²) in [5, 5.41) is 8.39. The van der Waals surface area contributed by atoms with Gasteiger partial charge in [-0.3, -0.25) is 0 Å². The van der Waals surface area contributed by atoms with Crippen LogP contribution in [0.2, 0.25) is 0 Å². The fraction of sp³-hybridized carbons (Fsp3) is 0.0213. The second kappa shape index (κ2) is 12.0. The SMILES string of the molecule is C1=CC(N(c2ccccc2)c2ccc(-n3c4ccccc4c4ccc(-c5cccc6c5c5ccccc5n6-c5ccccc5)cc43)cc2)=CNC1. The van der Waals surface area contributed by atoms with Crippen molar-refractivity contribution in [1.82, 2.24) is 14.5 Å². The van der Waals surface area contributed by atoms with Crippen LogP contribution in [0.5, 0.6) is 0 Å². The Morgan fingerprint density at radius 2 is 1.08 bits per heavy atom. The molecule has 0 saturated heterocycles. The monoisotopic (exact) mass is 654 g/mol. The maximum Gasteiger partial charge on any atom is 0.0615 e. The summed E-state index contributed by atoms with van der Waals surface area (Å²) < 4.78 is 4.80. The van der Waals surface area contributed by atoms with E-state index in [4.69, 9.17) is 0 Å². The second-order valence-corrected chi connectivity index (χ2v) is 13.0. The lowest BCUT2D eigenvalue weighted by molar-refractivity contribution is 0.941. The zero-order chi connectivity index (χ0) is 33.7. The molecule has 0 spiro atoms. The van der Waals surface area contributed by atoms with Crippen molar-refractivity contribution in [1.29, 1.82) is 0 Å². The number of benzene rings is 7. The lowest BCUT2D eigenvalue weighted by Crippen LogP contribution is -2.21. The van der Waals surface area contributed by atoms with E-state index in [2.05, 4.69) is 208 Å². The third kappa shape index (κ3) is 4.76. The third-order valence-corrected chi connectivity index (χ3v) is 10.1. The average Bonchev–Trinajstić information content (AvgIpc) is 3.72. The van der Waals surface area contributed by atoms with Gasteiger partial charge in [0, 0.05) is 57.0 Å². The molecule has 0 atom stereocenters. The second-order valence-electron chi connectivity index (χ2n) is 13.0. The molecule has 1 aliphatic heterocycles. The number of dihydropyridines is 1. The zero-order valence-corrected chi connectivity index (χ0v) is 27.9. The van der Waals surface area contributed by atoms with Crippen molar-refractivity contribution in [2.45, 2.75) is 0 Å². The van der Waals surface area contributed by atoms with E-state index >= 15 is 0 Å². The summed E-state index contributed by atoms with van der Waals surface area (Å²) in [6.45, 7) is 0.838. The van der Waals surface area contributed by atoms with Crippen LogP contribution in [0.1, 0.15) is 0 Å². The van der Waals surface area contributed by atoms with Crippen LogP contribution < -0.4 is 10.2 Å². The van der Waals surface area contributed by atoms with E-state index in [1.54, 1.807) is 0 Å². The smallest absolute Gasteiger partial charge is 0.0615 e. The lowest BCUT2D eigenvalue weighted by Gasteiger charge is -2.27. The summed E-state index contributed by atoms with van der Waals surface area (Å²) >= 11 is 0. The van der Waals surface area contributed by atoms with Crippen LogP contribution in [0.3, 0.4) is 0 Å². The number of allylic oxidation sites excluding steroid dienone is 1. The summed E-state index contributed by atoms with van der Waals surface area (Å²) in [6.07, 6.45) is 6.44. The van der Waals surface area contributed by atoms with Gasteiger partial charge in [-0.15, -0.1) is 0 Å². The first-order valence-electron chi connectivity index (χ1n) is 17.5. The number of hydrogen-bond donors (Lipinski definition) is 1. The van der Waals surface area contributed by atoms with Crippen molar-refractivity contribution in [2.24, 2.45) is 0 Å². The van der Waals surface area contributed by atoms with Gasteiger partial charge in [0.25, 0.3) is 0 Å². The highest BCUT2D eigenvalue weighted by Crippen LogP contribution is 2.41. The Hall–Kier alpha value is -6.78. The van der Waals surface area contributed by atoms with Crippen LogP contribution >= 0.6 is 0 Å². The molecule has 4 heteroatoms. The van der Waals surface area contributed by atoms with Crippen molar-refractivity contribution >= 4 is 55.0 Å². The fourth-order valence-corrected chi connectivity index (χ4v) is 7.90. The molecule has 242 valence electrons. The Bertz CT molecular complexity index is 2780. The summed E-state index contributed by atoms with van der Waals surface area (Å²) in [4.78, 5) is 2.29. The van der Waals surface area contributed by atoms with Crippen molar-refractivity contribution in [3.8, 4) is 22.5 Å². The number of anilines is 2. The van der Waals surface area contributed by atoms with Gasteiger partial charge in [-0.2, -0.15) is 0 Å². The Morgan fingerprint density at radius 3 is 1.84 bits per heavy atom. The highest BCUT2D eigenvalue weighted by atomic mass is 15.2. The van der Waals surface area contributed by atoms with Crippen molar-refractivity contribution in [2.75, 3.05) is 11.4 Å². The molecule has 0 amide bonds. The van der Waals surface area contributed by atoms with Crippen LogP contribution in [0.4, 0.5) is 11.4 Å². The van der Waals surface area contributed by atoms with Gasteiger partial charge < -0.3 is 19.4 Å².